The van der Waals surface area contributed by atoms with Crippen LogP contribution in [0.1, 0.15) is 37.7 Å². The highest BCUT2D eigenvalue weighted by molar-refractivity contribution is 7.92. The third kappa shape index (κ3) is 6.11. The summed E-state index contributed by atoms with van der Waals surface area (Å²) in [5.74, 6) is -2.57. The summed E-state index contributed by atoms with van der Waals surface area (Å²) in [5, 5.41) is 2.11. The summed E-state index contributed by atoms with van der Waals surface area (Å²) >= 11 is 0. The van der Waals surface area contributed by atoms with Gasteiger partial charge in [-0.2, -0.15) is 0 Å². The fourth-order valence-corrected chi connectivity index (χ4v) is 3.81. The lowest BCUT2D eigenvalue weighted by molar-refractivity contribution is -0.197. The second kappa shape index (κ2) is 9.64. The first-order valence-electron chi connectivity index (χ1n) is 9.21. The molecule has 1 aromatic carbocycles. The molecule has 0 radical (unpaired) electrons. The molecule has 1 aliphatic heterocycles. The molecule has 1 N–H and O–H groups in total. The van der Waals surface area contributed by atoms with Crippen molar-refractivity contribution in [2.45, 2.75) is 44.3 Å². The van der Waals surface area contributed by atoms with E-state index in [1.165, 1.54) is 0 Å². The zero-order valence-electron chi connectivity index (χ0n) is 16.5. The van der Waals surface area contributed by atoms with Crippen LogP contribution >= 0.6 is 0 Å². The number of hydroxylamine groups is 2. The van der Waals surface area contributed by atoms with Crippen LogP contribution in [0.5, 0.6) is 0 Å². The summed E-state index contributed by atoms with van der Waals surface area (Å²) in [7, 11) is -3.73. The van der Waals surface area contributed by atoms with Crippen molar-refractivity contribution in [2.24, 2.45) is 4.99 Å². The van der Waals surface area contributed by atoms with E-state index >= 15 is 0 Å². The molecular formula is C19H25N3O6S. The van der Waals surface area contributed by atoms with Gasteiger partial charge in [-0.15, -0.1) is 5.06 Å². The Morgan fingerprint density at radius 3 is 2.62 bits per heavy atom. The normalized spacial score (nSPS) is 16.8. The first kappa shape index (κ1) is 22.5. The van der Waals surface area contributed by atoms with Gasteiger partial charge in [-0.3, -0.25) is 14.6 Å². The molecule has 1 unspecified atom stereocenters. The lowest BCUT2D eigenvalue weighted by atomic mass is 10.1. The molecule has 29 heavy (non-hydrogen) atoms. The van der Waals surface area contributed by atoms with E-state index in [0.29, 0.717) is 6.42 Å². The van der Waals surface area contributed by atoms with Crippen LogP contribution in [-0.4, -0.2) is 56.0 Å². The highest BCUT2D eigenvalue weighted by atomic mass is 32.2. The Morgan fingerprint density at radius 1 is 1.31 bits per heavy atom. The molecule has 0 saturated carbocycles. The van der Waals surface area contributed by atoms with E-state index < -0.39 is 39.3 Å². The lowest BCUT2D eigenvalue weighted by Crippen LogP contribution is -2.36. The second-order valence-electron chi connectivity index (χ2n) is 6.91. The predicted octanol–water partition coefficient (Wildman–Crippen LogP) is 1.93. The lowest BCUT2D eigenvalue weighted by Gasteiger charge is -2.13. The van der Waals surface area contributed by atoms with Crippen molar-refractivity contribution in [1.82, 2.24) is 5.06 Å². The number of nitrogens with one attached hydrogen (secondary N) is 1. The van der Waals surface area contributed by atoms with Crippen molar-refractivity contribution in [3.8, 4) is 0 Å². The van der Waals surface area contributed by atoms with Gasteiger partial charge >= 0.3 is 5.97 Å². The maximum Gasteiger partial charge on any atom is 0.333 e. The van der Waals surface area contributed by atoms with Crippen LogP contribution in [0.25, 0.3) is 0 Å². The molecule has 1 fully saturated rings. The standard InChI is InChI=1S/C19H25N3O6S/c1-13-11-14(20-2)8-9-15(13)21-10-6-4-5-7-18(24)28-22-17(23)12-16(19(22)25)29(3,26)27/h8-9,11,16,21H,2,4-7,10,12H2,1,3H3. The molecule has 0 aromatic heterocycles. The van der Waals surface area contributed by atoms with Gasteiger partial charge in [-0.05, 0) is 50.2 Å². The van der Waals surface area contributed by atoms with E-state index in [2.05, 4.69) is 17.0 Å². The van der Waals surface area contributed by atoms with Gasteiger partial charge in [0.2, 0.25) is 0 Å². The van der Waals surface area contributed by atoms with Crippen LogP contribution in [-0.2, 0) is 29.1 Å². The molecule has 0 spiro atoms. The smallest absolute Gasteiger partial charge is 0.333 e. The molecule has 1 aromatic rings. The number of nitrogens with zero attached hydrogens (tertiary/aromatic N) is 2. The van der Waals surface area contributed by atoms with Crippen LogP contribution in [0.3, 0.4) is 0 Å². The molecule has 158 valence electrons. The van der Waals surface area contributed by atoms with Crippen LogP contribution in [0, 0.1) is 6.92 Å². The van der Waals surface area contributed by atoms with Gasteiger partial charge in [0, 0.05) is 24.9 Å². The van der Waals surface area contributed by atoms with E-state index in [1.807, 2.05) is 25.1 Å². The molecular weight excluding hydrogens is 398 g/mol. The number of anilines is 1. The van der Waals surface area contributed by atoms with Crippen LogP contribution in [0.4, 0.5) is 11.4 Å². The Balaban J connectivity index is 1.68. The highest BCUT2D eigenvalue weighted by Crippen LogP contribution is 2.22. The number of carbonyl (C=O) groups excluding carboxylic acids is 3. The number of sulfone groups is 1. The number of benzene rings is 1. The fourth-order valence-electron chi connectivity index (χ4n) is 2.90. The molecule has 0 aliphatic carbocycles. The third-order valence-electron chi connectivity index (χ3n) is 4.54. The van der Waals surface area contributed by atoms with Crippen LogP contribution < -0.4 is 5.32 Å². The molecule has 0 bridgehead atoms. The van der Waals surface area contributed by atoms with Crippen molar-refractivity contribution in [2.75, 3.05) is 18.1 Å². The Bertz CT molecular complexity index is 913. The molecule has 1 aliphatic rings. The number of imide groups is 1. The number of aliphatic imine (C=N–C) groups is 1. The van der Waals surface area contributed by atoms with Crippen molar-refractivity contribution in [3.63, 3.8) is 0 Å². The number of unbranched alkanes of at least 4 members (excludes halogenated alkanes) is 2. The van der Waals surface area contributed by atoms with E-state index in [0.717, 1.165) is 42.6 Å². The summed E-state index contributed by atoms with van der Waals surface area (Å²) in [5.41, 5.74) is 2.87. The van der Waals surface area contributed by atoms with Gasteiger partial charge < -0.3 is 10.2 Å². The summed E-state index contributed by atoms with van der Waals surface area (Å²) in [6.45, 7) is 6.18. The molecule has 1 saturated heterocycles. The Labute approximate surface area is 170 Å². The molecule has 2 rings (SSSR count). The topological polar surface area (TPSA) is 122 Å². The van der Waals surface area contributed by atoms with Gasteiger partial charge in [0.05, 0.1) is 12.1 Å². The summed E-state index contributed by atoms with van der Waals surface area (Å²) < 4.78 is 23.0. The monoisotopic (exact) mass is 423 g/mol. The van der Waals surface area contributed by atoms with Gasteiger partial charge in [0.25, 0.3) is 11.8 Å². The second-order valence-corrected chi connectivity index (χ2v) is 9.13. The SMILES string of the molecule is C=Nc1ccc(NCCCCCC(=O)ON2C(=O)CC(S(C)(=O)=O)C2=O)c(C)c1. The van der Waals surface area contributed by atoms with E-state index in [4.69, 9.17) is 4.84 Å². The van der Waals surface area contributed by atoms with Crippen molar-refractivity contribution in [1.29, 1.82) is 0 Å². The Morgan fingerprint density at radius 2 is 2.03 bits per heavy atom. The first-order valence-corrected chi connectivity index (χ1v) is 11.2. The average molecular weight is 423 g/mol. The molecule has 2 amide bonds. The quantitative estimate of drug-likeness (QED) is 0.346. The predicted molar refractivity (Wildman–Crippen MR) is 109 cm³/mol. The van der Waals surface area contributed by atoms with Crippen molar-refractivity contribution >= 4 is 45.7 Å². The Kier molecular flexibility index (Phi) is 7.49. The van der Waals surface area contributed by atoms with E-state index in [-0.39, 0.29) is 11.5 Å². The average Bonchev–Trinajstić information content (AvgIpc) is 2.94. The summed E-state index contributed by atoms with van der Waals surface area (Å²) in [4.78, 5) is 44.2. The number of hydrogen-bond acceptors (Lipinski definition) is 8. The third-order valence-corrected chi connectivity index (χ3v) is 5.94. The minimum atomic E-state index is -3.73. The zero-order chi connectivity index (χ0) is 21.6. The van der Waals surface area contributed by atoms with Crippen LogP contribution in [0.2, 0.25) is 0 Å². The van der Waals surface area contributed by atoms with Crippen LogP contribution in [0.15, 0.2) is 23.2 Å². The maximum absolute atomic E-state index is 11.9. The zero-order valence-corrected chi connectivity index (χ0v) is 17.3. The van der Waals surface area contributed by atoms with E-state index in [1.54, 1.807) is 0 Å². The molecule has 1 atom stereocenters. The minimum Gasteiger partial charge on any atom is -0.385 e. The molecule has 1 heterocycles. The molecule has 9 nitrogen and oxygen atoms in total. The molecule has 10 heteroatoms. The van der Waals surface area contributed by atoms with Gasteiger partial charge in [-0.1, -0.05) is 6.42 Å². The van der Waals surface area contributed by atoms with Gasteiger partial charge in [0.15, 0.2) is 15.1 Å². The highest BCUT2D eigenvalue weighted by Gasteiger charge is 2.46. The first-order chi connectivity index (χ1) is 13.6. The summed E-state index contributed by atoms with van der Waals surface area (Å²) in [6, 6.07) is 5.73. The minimum absolute atomic E-state index is 0.0271. The largest absolute Gasteiger partial charge is 0.385 e. The number of carbonyl (C=O) groups is 3. The summed E-state index contributed by atoms with van der Waals surface area (Å²) in [6.07, 6.45) is 2.46. The number of amides is 2. The number of hydrogen-bond donors (Lipinski definition) is 1. The Hall–Kier alpha value is -2.75. The number of rotatable bonds is 10. The fraction of sp³-hybridized carbons (Fsp3) is 0.474. The van der Waals surface area contributed by atoms with Crippen molar-refractivity contribution < 1.29 is 27.6 Å². The van der Waals surface area contributed by atoms with Crippen molar-refractivity contribution in [3.05, 3.63) is 23.8 Å². The number of aryl methyl sites for hydroxylation is 1. The van der Waals surface area contributed by atoms with Gasteiger partial charge in [-0.25, -0.2) is 13.2 Å². The van der Waals surface area contributed by atoms with Gasteiger partial charge in [0.1, 0.15) is 0 Å². The maximum atomic E-state index is 11.9. The van der Waals surface area contributed by atoms with E-state index in [9.17, 15) is 22.8 Å².